The largest absolute Gasteiger partial charge is 0.433 e. The van der Waals surface area contributed by atoms with Crippen molar-refractivity contribution < 1.29 is 35.1 Å². The lowest BCUT2D eigenvalue weighted by atomic mass is 10.1. The van der Waals surface area contributed by atoms with Crippen molar-refractivity contribution >= 4 is 0 Å². The molecule has 0 bridgehead atoms. The van der Waals surface area contributed by atoms with E-state index in [1.165, 1.54) is 0 Å². The van der Waals surface area contributed by atoms with Gasteiger partial charge < -0.3 is 0 Å². The zero-order valence-corrected chi connectivity index (χ0v) is 7.70. The van der Waals surface area contributed by atoms with E-state index in [1.54, 1.807) is 0 Å². The summed E-state index contributed by atoms with van der Waals surface area (Å²) in [5, 5.41) is 0. The van der Waals surface area contributed by atoms with Crippen LogP contribution in [-0.2, 0) is 12.4 Å². The fourth-order valence-electron chi connectivity index (χ4n) is 1.04. The maximum absolute atomic E-state index is 12.2. The van der Waals surface area contributed by atoms with Gasteiger partial charge in [-0.2, -0.15) is 26.3 Å². The highest BCUT2D eigenvalue weighted by atomic mass is 19.4. The normalized spacial score (nSPS) is 13.2. The summed E-state index contributed by atoms with van der Waals surface area (Å²) in [6.45, 7) is 0. The molecule has 1 aromatic heterocycles. The Hall–Kier alpha value is -1.41. The summed E-state index contributed by atoms with van der Waals surface area (Å²) >= 11 is 0. The minimum absolute atomic E-state index is 0.0582. The third-order valence-corrected chi connectivity index (χ3v) is 1.71. The highest BCUT2D eigenvalue weighted by Crippen LogP contribution is 2.39. The molecule has 0 radical (unpaired) electrons. The van der Waals surface area contributed by atoms with Crippen LogP contribution in [0.4, 0.5) is 35.1 Å². The number of hydrogen-bond donors (Lipinski definition) is 0. The molecule has 0 fully saturated rings. The second kappa shape index (κ2) is 4.11. The van der Waals surface area contributed by atoms with E-state index in [9.17, 15) is 35.1 Å². The Kier molecular flexibility index (Phi) is 3.30. The van der Waals surface area contributed by atoms with Crippen molar-refractivity contribution in [3.8, 4) is 0 Å². The Balaban J connectivity index is 3.43. The average molecular weight is 265 g/mol. The van der Waals surface area contributed by atoms with Gasteiger partial charge >= 0.3 is 12.4 Å². The molecule has 1 aromatic rings. The molecule has 1 heterocycles. The number of halogens is 8. The van der Waals surface area contributed by atoms with Gasteiger partial charge in [-0.25, -0.2) is 13.8 Å². The molecule has 1 rings (SSSR count). The minimum Gasteiger partial charge on any atom is -0.242 e. The van der Waals surface area contributed by atoms with Gasteiger partial charge in [0.05, 0.1) is 5.56 Å². The standard InChI is InChI=1S/C8H3F8N/c9-6(10)4-2-1-3(7(11,12)13)5(17-4)8(14,15)16/h1-2,6H. The van der Waals surface area contributed by atoms with E-state index >= 15 is 0 Å². The molecule has 1 nitrogen and oxygen atoms in total. The van der Waals surface area contributed by atoms with Crippen molar-refractivity contribution in [1.29, 1.82) is 0 Å². The Morgan fingerprint density at radius 1 is 0.882 bits per heavy atom. The smallest absolute Gasteiger partial charge is 0.242 e. The third kappa shape index (κ3) is 3.04. The first-order valence-electron chi connectivity index (χ1n) is 3.97. The van der Waals surface area contributed by atoms with Crippen LogP contribution in [0.2, 0.25) is 0 Å². The fraction of sp³-hybridized carbons (Fsp3) is 0.375. The molecule has 0 saturated heterocycles. The van der Waals surface area contributed by atoms with Gasteiger partial charge in [0, 0.05) is 0 Å². The van der Waals surface area contributed by atoms with Crippen LogP contribution in [-0.4, -0.2) is 4.98 Å². The second-order valence-corrected chi connectivity index (χ2v) is 2.93. The molecule has 0 unspecified atom stereocenters. The Morgan fingerprint density at radius 3 is 1.76 bits per heavy atom. The van der Waals surface area contributed by atoms with Gasteiger partial charge in [0.1, 0.15) is 5.69 Å². The summed E-state index contributed by atoms with van der Waals surface area (Å²) < 4.78 is 97.3. The molecule has 0 saturated carbocycles. The Morgan fingerprint density at radius 2 is 1.41 bits per heavy atom. The first-order valence-corrected chi connectivity index (χ1v) is 3.97. The first-order chi connectivity index (χ1) is 7.53. The molecule has 0 aliphatic rings. The van der Waals surface area contributed by atoms with E-state index in [-0.39, 0.29) is 12.1 Å². The Bertz CT molecular complexity index is 405. The van der Waals surface area contributed by atoms with E-state index in [0.29, 0.717) is 0 Å². The van der Waals surface area contributed by atoms with Crippen molar-refractivity contribution in [2.75, 3.05) is 0 Å². The van der Waals surface area contributed by atoms with Crippen molar-refractivity contribution in [1.82, 2.24) is 4.98 Å². The molecule has 0 amide bonds. The van der Waals surface area contributed by atoms with Crippen LogP contribution in [0.15, 0.2) is 12.1 Å². The zero-order valence-electron chi connectivity index (χ0n) is 7.70. The SMILES string of the molecule is FC(F)c1ccc(C(F)(F)F)c(C(F)(F)F)n1. The van der Waals surface area contributed by atoms with Crippen molar-refractivity contribution in [3.63, 3.8) is 0 Å². The zero-order chi connectivity index (χ0) is 13.4. The number of hydrogen-bond acceptors (Lipinski definition) is 1. The highest BCUT2D eigenvalue weighted by molar-refractivity contribution is 5.28. The van der Waals surface area contributed by atoms with E-state index in [1.807, 2.05) is 0 Å². The second-order valence-electron chi connectivity index (χ2n) is 2.93. The summed E-state index contributed by atoms with van der Waals surface area (Å²) in [6.07, 6.45) is -14.1. The maximum Gasteiger partial charge on any atom is 0.433 e. The van der Waals surface area contributed by atoms with E-state index in [2.05, 4.69) is 4.98 Å². The number of rotatable bonds is 1. The first kappa shape index (κ1) is 13.7. The predicted molar refractivity (Wildman–Crippen MR) is 39.2 cm³/mol. The predicted octanol–water partition coefficient (Wildman–Crippen LogP) is 4.06. The van der Waals surface area contributed by atoms with Gasteiger partial charge in [-0.15, -0.1) is 0 Å². The van der Waals surface area contributed by atoms with Crippen molar-refractivity contribution in [2.45, 2.75) is 18.8 Å². The van der Waals surface area contributed by atoms with Gasteiger partial charge in [0.15, 0.2) is 5.69 Å². The van der Waals surface area contributed by atoms with Gasteiger partial charge in [-0.1, -0.05) is 0 Å². The van der Waals surface area contributed by atoms with Gasteiger partial charge in [0.25, 0.3) is 6.43 Å². The third-order valence-electron chi connectivity index (χ3n) is 1.71. The van der Waals surface area contributed by atoms with Crippen LogP contribution in [0.3, 0.4) is 0 Å². The van der Waals surface area contributed by atoms with Crippen LogP contribution < -0.4 is 0 Å². The molecular formula is C8H3F8N. The topological polar surface area (TPSA) is 12.9 Å². The van der Waals surface area contributed by atoms with Gasteiger partial charge in [0.2, 0.25) is 0 Å². The number of pyridine rings is 1. The van der Waals surface area contributed by atoms with Gasteiger partial charge in [-0.3, -0.25) is 0 Å². The van der Waals surface area contributed by atoms with Crippen molar-refractivity contribution in [3.05, 3.63) is 29.1 Å². The van der Waals surface area contributed by atoms with Crippen LogP contribution in [0.1, 0.15) is 23.4 Å². The molecule has 0 atom stereocenters. The van der Waals surface area contributed by atoms with E-state index < -0.39 is 35.7 Å². The van der Waals surface area contributed by atoms with Crippen LogP contribution >= 0.6 is 0 Å². The number of aromatic nitrogens is 1. The van der Waals surface area contributed by atoms with Gasteiger partial charge in [-0.05, 0) is 12.1 Å². The lowest BCUT2D eigenvalue weighted by Gasteiger charge is -2.15. The summed E-state index contributed by atoms with van der Waals surface area (Å²) in [5.74, 6) is 0. The average Bonchev–Trinajstić information content (AvgIpc) is 2.14. The van der Waals surface area contributed by atoms with Crippen molar-refractivity contribution in [2.24, 2.45) is 0 Å². The molecular weight excluding hydrogens is 262 g/mol. The number of alkyl halides is 8. The number of nitrogens with zero attached hydrogens (tertiary/aromatic N) is 1. The molecule has 96 valence electrons. The molecule has 0 aromatic carbocycles. The van der Waals surface area contributed by atoms with E-state index in [4.69, 9.17) is 0 Å². The summed E-state index contributed by atoms with van der Waals surface area (Å²) in [7, 11) is 0. The fourth-order valence-corrected chi connectivity index (χ4v) is 1.04. The van der Waals surface area contributed by atoms with E-state index in [0.717, 1.165) is 0 Å². The summed E-state index contributed by atoms with van der Waals surface area (Å²) in [5.41, 5.74) is -5.80. The lowest BCUT2D eigenvalue weighted by molar-refractivity contribution is -0.165. The lowest BCUT2D eigenvalue weighted by Crippen LogP contribution is -2.19. The summed E-state index contributed by atoms with van der Waals surface area (Å²) in [6, 6.07) is 0.153. The summed E-state index contributed by atoms with van der Waals surface area (Å²) in [4.78, 5) is 2.31. The molecule has 0 aliphatic heterocycles. The molecule has 0 N–H and O–H groups in total. The Labute approximate surface area is 89.1 Å². The molecule has 17 heavy (non-hydrogen) atoms. The molecule has 0 aliphatic carbocycles. The monoisotopic (exact) mass is 265 g/mol. The van der Waals surface area contributed by atoms with Crippen LogP contribution in [0.5, 0.6) is 0 Å². The maximum atomic E-state index is 12.2. The van der Waals surface area contributed by atoms with Crippen LogP contribution in [0, 0.1) is 0 Å². The minimum atomic E-state index is -5.45. The molecule has 0 spiro atoms. The highest BCUT2D eigenvalue weighted by Gasteiger charge is 2.45. The molecule has 9 heteroatoms. The quantitative estimate of drug-likeness (QED) is 0.698. The van der Waals surface area contributed by atoms with Crippen LogP contribution in [0.25, 0.3) is 0 Å².